The number of rotatable bonds is 8. The number of benzene rings is 1. The van der Waals surface area contributed by atoms with Crippen molar-refractivity contribution in [3.05, 3.63) is 39.9 Å². The second kappa shape index (κ2) is 9.20. The summed E-state index contributed by atoms with van der Waals surface area (Å²) in [6, 6.07) is 8.95. The van der Waals surface area contributed by atoms with Crippen molar-refractivity contribution in [3.63, 3.8) is 0 Å². The van der Waals surface area contributed by atoms with Crippen LogP contribution in [-0.4, -0.2) is 60.7 Å². The summed E-state index contributed by atoms with van der Waals surface area (Å²) in [5, 5.41) is 20.0. The van der Waals surface area contributed by atoms with E-state index >= 15 is 0 Å². The van der Waals surface area contributed by atoms with E-state index < -0.39 is 0 Å². The fourth-order valence-corrected chi connectivity index (χ4v) is 2.65. The van der Waals surface area contributed by atoms with Gasteiger partial charge in [0.1, 0.15) is 0 Å². The van der Waals surface area contributed by atoms with Crippen molar-refractivity contribution in [2.75, 3.05) is 45.9 Å². The fourth-order valence-electron chi connectivity index (χ4n) is 2.65. The minimum atomic E-state index is -0.347. The number of nitriles is 1. The average Bonchev–Trinajstić information content (AvgIpc) is 2.58. The number of nitro groups is 1. The third-order valence-electron chi connectivity index (χ3n) is 3.96. The minimum Gasteiger partial charge on any atom is -0.379 e. The largest absolute Gasteiger partial charge is 0.379 e. The van der Waals surface area contributed by atoms with Gasteiger partial charge in [-0.05, 0) is 0 Å². The first-order valence-corrected chi connectivity index (χ1v) is 7.82. The molecule has 0 N–H and O–H groups in total. The van der Waals surface area contributed by atoms with E-state index in [1.807, 2.05) is 6.07 Å². The highest BCUT2D eigenvalue weighted by Crippen LogP contribution is 2.19. The summed E-state index contributed by atoms with van der Waals surface area (Å²) in [5.74, 6) is 0. The van der Waals surface area contributed by atoms with Gasteiger partial charge in [0.05, 0.1) is 24.2 Å². The maximum Gasteiger partial charge on any atom is 0.273 e. The molecule has 0 atom stereocenters. The highest BCUT2D eigenvalue weighted by atomic mass is 16.6. The van der Waals surface area contributed by atoms with E-state index in [1.54, 1.807) is 12.1 Å². The molecule has 1 aliphatic heterocycles. The van der Waals surface area contributed by atoms with Gasteiger partial charge in [0.15, 0.2) is 0 Å². The molecular weight excluding hydrogens is 296 g/mol. The van der Waals surface area contributed by atoms with Crippen molar-refractivity contribution < 1.29 is 9.66 Å². The number of hydrogen-bond donors (Lipinski definition) is 0. The van der Waals surface area contributed by atoms with Crippen LogP contribution in [0.1, 0.15) is 12.0 Å². The molecule has 0 radical (unpaired) electrons. The summed E-state index contributed by atoms with van der Waals surface area (Å²) in [7, 11) is 0. The molecule has 0 unspecified atom stereocenters. The zero-order valence-corrected chi connectivity index (χ0v) is 13.2. The molecule has 7 nitrogen and oxygen atoms in total. The third-order valence-corrected chi connectivity index (χ3v) is 3.96. The summed E-state index contributed by atoms with van der Waals surface area (Å²) in [5.41, 5.74) is 0.832. The average molecular weight is 318 g/mol. The quantitative estimate of drug-likeness (QED) is 0.535. The second-order valence-electron chi connectivity index (χ2n) is 5.52. The second-order valence-corrected chi connectivity index (χ2v) is 5.52. The molecule has 0 aromatic heterocycles. The first-order valence-electron chi connectivity index (χ1n) is 7.82. The van der Waals surface area contributed by atoms with Gasteiger partial charge in [-0.25, -0.2) is 0 Å². The predicted molar refractivity (Wildman–Crippen MR) is 85.9 cm³/mol. The molecule has 0 saturated carbocycles. The molecule has 1 aromatic rings. The fraction of sp³-hybridized carbons (Fsp3) is 0.562. The Hall–Kier alpha value is -2.01. The van der Waals surface area contributed by atoms with Gasteiger partial charge in [-0.3, -0.25) is 19.9 Å². The van der Waals surface area contributed by atoms with E-state index in [0.717, 1.165) is 39.4 Å². The molecule has 0 spiro atoms. The van der Waals surface area contributed by atoms with Gasteiger partial charge in [-0.1, -0.05) is 18.2 Å². The Morgan fingerprint density at radius 1 is 1.30 bits per heavy atom. The molecule has 1 aliphatic rings. The Morgan fingerprint density at radius 3 is 2.74 bits per heavy atom. The molecule has 0 aliphatic carbocycles. The molecule has 2 rings (SSSR count). The van der Waals surface area contributed by atoms with E-state index in [4.69, 9.17) is 10.00 Å². The zero-order chi connectivity index (χ0) is 16.5. The van der Waals surface area contributed by atoms with Crippen molar-refractivity contribution in [1.82, 2.24) is 9.80 Å². The van der Waals surface area contributed by atoms with Crippen molar-refractivity contribution >= 4 is 5.69 Å². The minimum absolute atomic E-state index is 0.140. The van der Waals surface area contributed by atoms with Crippen LogP contribution in [0.3, 0.4) is 0 Å². The van der Waals surface area contributed by atoms with Crippen LogP contribution < -0.4 is 0 Å². The molecule has 0 amide bonds. The smallest absolute Gasteiger partial charge is 0.273 e. The first kappa shape index (κ1) is 17.3. The van der Waals surface area contributed by atoms with Crippen LogP contribution in [0.2, 0.25) is 0 Å². The Morgan fingerprint density at radius 2 is 2.04 bits per heavy atom. The standard InChI is InChI=1S/C16H22N4O3/c17-6-3-7-19(9-8-18-10-12-23-13-11-18)14-15-4-1-2-5-16(15)20(21)22/h1-2,4-5H,3,7-14H2. The lowest BCUT2D eigenvalue weighted by Crippen LogP contribution is -2.41. The Balaban J connectivity index is 1.97. The lowest BCUT2D eigenvalue weighted by molar-refractivity contribution is -0.385. The van der Waals surface area contributed by atoms with Crippen molar-refractivity contribution in [2.24, 2.45) is 0 Å². The number of ether oxygens (including phenoxy) is 1. The molecule has 1 saturated heterocycles. The number of para-hydroxylation sites is 1. The number of hydrogen-bond acceptors (Lipinski definition) is 6. The van der Waals surface area contributed by atoms with Crippen LogP contribution in [0.4, 0.5) is 5.69 Å². The Labute approximate surface area is 136 Å². The monoisotopic (exact) mass is 318 g/mol. The molecule has 1 heterocycles. The van der Waals surface area contributed by atoms with Crippen molar-refractivity contribution in [3.8, 4) is 6.07 Å². The third kappa shape index (κ3) is 5.60. The zero-order valence-electron chi connectivity index (χ0n) is 13.2. The van der Waals surface area contributed by atoms with Crippen LogP contribution in [0.25, 0.3) is 0 Å². The van der Waals surface area contributed by atoms with Crippen LogP contribution in [-0.2, 0) is 11.3 Å². The van der Waals surface area contributed by atoms with Gasteiger partial charge < -0.3 is 4.74 Å². The Kier molecular flexibility index (Phi) is 6.94. The normalized spacial score (nSPS) is 15.5. The van der Waals surface area contributed by atoms with Gasteiger partial charge in [-0.15, -0.1) is 0 Å². The summed E-state index contributed by atoms with van der Waals surface area (Å²) < 4.78 is 5.34. The van der Waals surface area contributed by atoms with Crippen molar-refractivity contribution in [2.45, 2.75) is 13.0 Å². The molecular formula is C16H22N4O3. The molecule has 1 fully saturated rings. The SMILES string of the molecule is N#CCCN(CCN1CCOCC1)Cc1ccccc1[N+](=O)[O-]. The van der Waals surface area contributed by atoms with E-state index in [0.29, 0.717) is 25.1 Å². The van der Waals surface area contributed by atoms with Gasteiger partial charge in [0.25, 0.3) is 5.69 Å². The topological polar surface area (TPSA) is 82.6 Å². The van der Waals surface area contributed by atoms with Crippen LogP contribution in [0, 0.1) is 21.4 Å². The molecule has 1 aromatic carbocycles. The summed E-state index contributed by atoms with van der Waals surface area (Å²) in [6.45, 7) is 6.11. The lowest BCUT2D eigenvalue weighted by Gasteiger charge is -2.29. The number of nitro benzene ring substituents is 1. The highest BCUT2D eigenvalue weighted by molar-refractivity contribution is 5.39. The van der Waals surface area contributed by atoms with Gasteiger partial charge in [0.2, 0.25) is 0 Å². The predicted octanol–water partition coefficient (Wildman–Crippen LogP) is 1.64. The maximum atomic E-state index is 11.1. The van der Waals surface area contributed by atoms with Crippen LogP contribution >= 0.6 is 0 Å². The van der Waals surface area contributed by atoms with E-state index in [1.165, 1.54) is 6.07 Å². The van der Waals surface area contributed by atoms with Gasteiger partial charge >= 0.3 is 0 Å². The number of morpholine rings is 1. The molecule has 7 heteroatoms. The lowest BCUT2D eigenvalue weighted by atomic mass is 10.1. The first-order chi connectivity index (χ1) is 11.2. The summed E-state index contributed by atoms with van der Waals surface area (Å²) >= 11 is 0. The molecule has 124 valence electrons. The van der Waals surface area contributed by atoms with E-state index in [9.17, 15) is 10.1 Å². The van der Waals surface area contributed by atoms with Gasteiger partial charge in [0, 0.05) is 57.3 Å². The molecule has 23 heavy (non-hydrogen) atoms. The van der Waals surface area contributed by atoms with Crippen LogP contribution in [0.5, 0.6) is 0 Å². The Bertz CT molecular complexity index is 553. The molecule has 0 bridgehead atoms. The van der Waals surface area contributed by atoms with Gasteiger partial charge in [-0.2, -0.15) is 5.26 Å². The highest BCUT2D eigenvalue weighted by Gasteiger charge is 2.17. The van der Waals surface area contributed by atoms with Crippen molar-refractivity contribution in [1.29, 1.82) is 5.26 Å². The van der Waals surface area contributed by atoms with E-state index in [-0.39, 0.29) is 10.6 Å². The maximum absolute atomic E-state index is 11.1. The number of nitrogens with zero attached hydrogens (tertiary/aromatic N) is 4. The summed E-state index contributed by atoms with van der Waals surface area (Å²) in [6.07, 6.45) is 0.420. The summed E-state index contributed by atoms with van der Waals surface area (Å²) in [4.78, 5) is 15.2. The van der Waals surface area contributed by atoms with E-state index in [2.05, 4.69) is 15.9 Å². The van der Waals surface area contributed by atoms with Crippen LogP contribution in [0.15, 0.2) is 24.3 Å².